The van der Waals surface area contributed by atoms with Gasteiger partial charge in [-0.1, -0.05) is 69.7 Å². The summed E-state index contributed by atoms with van der Waals surface area (Å²) in [6, 6.07) is 6.49. The highest BCUT2D eigenvalue weighted by Gasteiger charge is 2.23. The Morgan fingerprint density at radius 2 is 1.91 bits per heavy atom. The van der Waals surface area contributed by atoms with Gasteiger partial charge in [0.1, 0.15) is 0 Å². The van der Waals surface area contributed by atoms with Crippen molar-refractivity contribution in [3.05, 3.63) is 40.6 Å². The van der Waals surface area contributed by atoms with Crippen LogP contribution < -0.4 is 0 Å². The average molecular weight is 329 g/mol. The summed E-state index contributed by atoms with van der Waals surface area (Å²) in [5.41, 5.74) is 7.52. The van der Waals surface area contributed by atoms with E-state index in [4.69, 9.17) is 0 Å². The molecule has 126 valence electrons. The number of allylic oxidation sites excluding steroid dienone is 1. The summed E-state index contributed by atoms with van der Waals surface area (Å²) in [7, 11) is -1.31. The summed E-state index contributed by atoms with van der Waals surface area (Å²) in [6.45, 7) is 9.41. The zero-order valence-electron chi connectivity index (χ0n) is 15.4. The molecule has 0 N–H and O–H groups in total. The van der Waals surface area contributed by atoms with Crippen LogP contribution in [0.25, 0.3) is 5.57 Å². The Bertz CT molecular complexity index is 578. The minimum atomic E-state index is -1.31. The molecule has 0 atom stereocenters. The number of rotatable bonds is 7. The molecule has 1 nitrogen and oxygen atoms in total. The van der Waals surface area contributed by atoms with Crippen molar-refractivity contribution in [2.24, 2.45) is 0 Å². The van der Waals surface area contributed by atoms with Gasteiger partial charge in [0.25, 0.3) is 0 Å². The lowest BCUT2D eigenvalue weighted by Crippen LogP contribution is -2.18. The number of carbonyl (C=O) groups excluding carboxylic acids is 1. The number of ketones is 1. The first-order valence-corrected chi connectivity index (χ1v) is 12.9. The quantitative estimate of drug-likeness (QED) is 0.416. The first kappa shape index (κ1) is 18.2. The SMILES string of the molecule is CCCCCC/C(=C\[Si](C)(C)C)c1cccc2c1C(=O)CCC2. The van der Waals surface area contributed by atoms with Gasteiger partial charge in [0.2, 0.25) is 0 Å². The van der Waals surface area contributed by atoms with Crippen LogP contribution in [0.4, 0.5) is 0 Å². The molecule has 23 heavy (non-hydrogen) atoms. The normalized spacial score (nSPS) is 15.7. The van der Waals surface area contributed by atoms with Gasteiger partial charge in [-0.3, -0.25) is 4.79 Å². The molecule has 0 amide bonds. The van der Waals surface area contributed by atoms with Crippen molar-refractivity contribution in [3.63, 3.8) is 0 Å². The van der Waals surface area contributed by atoms with E-state index >= 15 is 0 Å². The van der Waals surface area contributed by atoms with Crippen molar-refractivity contribution in [2.75, 3.05) is 0 Å². The molecule has 0 aliphatic heterocycles. The molecule has 0 saturated heterocycles. The molecule has 0 spiro atoms. The topological polar surface area (TPSA) is 17.1 Å². The second-order valence-electron chi connectivity index (χ2n) is 7.96. The number of hydrogen-bond donors (Lipinski definition) is 0. The Labute approximate surface area is 143 Å². The molecular formula is C21H32OSi. The molecule has 0 bridgehead atoms. The second-order valence-corrected chi connectivity index (χ2v) is 13.0. The van der Waals surface area contributed by atoms with Gasteiger partial charge in [0.15, 0.2) is 5.78 Å². The third-order valence-corrected chi connectivity index (χ3v) is 5.75. The Morgan fingerprint density at radius 1 is 1.13 bits per heavy atom. The van der Waals surface area contributed by atoms with Crippen LogP contribution in [-0.2, 0) is 6.42 Å². The number of benzene rings is 1. The smallest absolute Gasteiger partial charge is 0.163 e. The van der Waals surface area contributed by atoms with Crippen molar-refractivity contribution in [3.8, 4) is 0 Å². The van der Waals surface area contributed by atoms with E-state index in [2.05, 4.69) is 50.5 Å². The van der Waals surface area contributed by atoms with E-state index in [9.17, 15) is 4.79 Å². The van der Waals surface area contributed by atoms with Crippen molar-refractivity contribution in [1.82, 2.24) is 0 Å². The maximum absolute atomic E-state index is 12.5. The van der Waals surface area contributed by atoms with Crippen LogP contribution in [0.1, 0.15) is 73.4 Å². The monoisotopic (exact) mass is 328 g/mol. The number of fused-ring (bicyclic) bond motifs is 1. The predicted molar refractivity (Wildman–Crippen MR) is 104 cm³/mol. The van der Waals surface area contributed by atoms with E-state index in [-0.39, 0.29) is 0 Å². The number of carbonyl (C=O) groups is 1. The first-order chi connectivity index (χ1) is 10.9. The van der Waals surface area contributed by atoms with Gasteiger partial charge in [0, 0.05) is 12.0 Å². The Morgan fingerprint density at radius 3 is 2.61 bits per heavy atom. The second kappa shape index (κ2) is 8.10. The predicted octanol–water partition coefficient (Wildman–Crippen LogP) is 6.44. The van der Waals surface area contributed by atoms with Gasteiger partial charge < -0.3 is 0 Å². The molecule has 2 rings (SSSR count). The van der Waals surface area contributed by atoms with E-state index in [0.717, 1.165) is 31.2 Å². The largest absolute Gasteiger partial charge is 0.294 e. The van der Waals surface area contributed by atoms with E-state index in [1.807, 2.05) is 0 Å². The lowest BCUT2D eigenvalue weighted by atomic mass is 9.84. The maximum atomic E-state index is 12.5. The molecule has 0 heterocycles. The van der Waals surface area contributed by atoms with E-state index in [1.165, 1.54) is 42.4 Å². The van der Waals surface area contributed by atoms with E-state index in [1.54, 1.807) is 0 Å². The van der Waals surface area contributed by atoms with Crippen LogP contribution in [0.5, 0.6) is 0 Å². The van der Waals surface area contributed by atoms with Gasteiger partial charge >= 0.3 is 0 Å². The Balaban J connectivity index is 2.36. The number of Topliss-reactive ketones (excluding diaryl/α,β-unsaturated/α-hetero) is 1. The molecule has 1 aromatic rings. The summed E-state index contributed by atoms with van der Waals surface area (Å²) in [5.74, 6) is 0.358. The van der Waals surface area contributed by atoms with Crippen molar-refractivity contribution >= 4 is 19.4 Å². The standard InChI is InChI=1S/C21H32OSi/c1-5-6-7-8-11-18(16-23(2,3)4)19-14-9-12-17-13-10-15-20(22)21(17)19/h9,12,14,16H,5-8,10-11,13,15H2,1-4H3/b18-16+. The molecule has 1 aliphatic carbocycles. The number of unbranched alkanes of at least 4 members (excludes halogenated alkanes) is 3. The van der Waals surface area contributed by atoms with Crippen LogP contribution in [-0.4, -0.2) is 13.9 Å². The summed E-state index contributed by atoms with van der Waals surface area (Å²) in [6.07, 6.45) is 9.03. The van der Waals surface area contributed by atoms with Gasteiger partial charge in [-0.15, -0.1) is 0 Å². The van der Waals surface area contributed by atoms with E-state index < -0.39 is 8.07 Å². The highest BCUT2D eigenvalue weighted by molar-refractivity contribution is 6.81. The molecule has 2 heteroatoms. The zero-order chi connectivity index (χ0) is 16.9. The van der Waals surface area contributed by atoms with E-state index in [0.29, 0.717) is 5.78 Å². The van der Waals surface area contributed by atoms with Crippen molar-refractivity contribution in [1.29, 1.82) is 0 Å². The third-order valence-electron chi connectivity index (χ3n) is 4.53. The molecule has 0 fully saturated rings. The fourth-order valence-corrected chi connectivity index (χ4v) is 4.86. The van der Waals surface area contributed by atoms with Crippen molar-refractivity contribution < 1.29 is 4.79 Å². The van der Waals surface area contributed by atoms with Crippen LogP contribution in [0, 0.1) is 0 Å². The maximum Gasteiger partial charge on any atom is 0.163 e. The van der Waals surface area contributed by atoms with Crippen LogP contribution in [0.2, 0.25) is 19.6 Å². The minimum Gasteiger partial charge on any atom is -0.294 e. The average Bonchev–Trinajstić information content (AvgIpc) is 2.49. The first-order valence-electron chi connectivity index (χ1n) is 9.29. The lowest BCUT2D eigenvalue weighted by Gasteiger charge is -2.22. The fraction of sp³-hybridized carbons (Fsp3) is 0.571. The molecule has 0 radical (unpaired) electrons. The number of hydrogen-bond acceptors (Lipinski definition) is 1. The zero-order valence-corrected chi connectivity index (χ0v) is 16.4. The van der Waals surface area contributed by atoms with Gasteiger partial charge in [0.05, 0.1) is 8.07 Å². The summed E-state index contributed by atoms with van der Waals surface area (Å²) in [4.78, 5) is 12.5. The Hall–Kier alpha value is -1.15. The molecule has 0 aromatic heterocycles. The summed E-state index contributed by atoms with van der Waals surface area (Å²) >= 11 is 0. The van der Waals surface area contributed by atoms with Crippen LogP contribution in [0.3, 0.4) is 0 Å². The molecule has 0 saturated carbocycles. The molecule has 1 aromatic carbocycles. The molecular weight excluding hydrogens is 296 g/mol. The van der Waals surface area contributed by atoms with Crippen molar-refractivity contribution in [2.45, 2.75) is 77.9 Å². The van der Waals surface area contributed by atoms with Gasteiger partial charge in [-0.25, -0.2) is 0 Å². The summed E-state index contributed by atoms with van der Waals surface area (Å²) in [5, 5.41) is 0. The highest BCUT2D eigenvalue weighted by atomic mass is 28.3. The minimum absolute atomic E-state index is 0.358. The Kier molecular flexibility index (Phi) is 6.40. The van der Waals surface area contributed by atoms with Crippen LogP contribution >= 0.6 is 0 Å². The highest BCUT2D eigenvalue weighted by Crippen LogP contribution is 2.32. The molecule has 0 unspecified atom stereocenters. The fourth-order valence-electron chi connectivity index (χ4n) is 3.52. The van der Waals surface area contributed by atoms with Gasteiger partial charge in [-0.05, 0) is 42.4 Å². The number of aryl methyl sites for hydroxylation is 1. The van der Waals surface area contributed by atoms with Crippen LogP contribution in [0.15, 0.2) is 23.9 Å². The van der Waals surface area contributed by atoms with Gasteiger partial charge in [-0.2, -0.15) is 0 Å². The molecule has 1 aliphatic rings. The summed E-state index contributed by atoms with van der Waals surface area (Å²) < 4.78 is 0. The lowest BCUT2D eigenvalue weighted by molar-refractivity contribution is 0.0972. The third kappa shape index (κ3) is 5.17.